The Bertz CT molecular complexity index is 1180. The number of likely N-dealkylation sites (N-methyl/N-ethyl adjacent to an activating group) is 1. The minimum Gasteiger partial charge on any atom is -0.471 e. The van der Waals surface area contributed by atoms with Crippen molar-refractivity contribution in [3.8, 4) is 5.88 Å². The van der Waals surface area contributed by atoms with Crippen molar-refractivity contribution in [1.29, 1.82) is 0 Å². The predicted molar refractivity (Wildman–Crippen MR) is 110 cm³/mol. The Hall–Kier alpha value is -2.97. The summed E-state index contributed by atoms with van der Waals surface area (Å²) in [5.41, 5.74) is 0.548. The molecule has 4 rings (SSSR count). The smallest absolute Gasteiger partial charge is 0.243 e. The molecule has 1 atom stereocenters. The molecular weight excluding hydrogens is 390 g/mol. The predicted octanol–water partition coefficient (Wildman–Crippen LogP) is 2.67. The maximum Gasteiger partial charge on any atom is 0.243 e. The number of pyridine rings is 1. The zero-order valence-corrected chi connectivity index (χ0v) is 17.0. The summed E-state index contributed by atoms with van der Waals surface area (Å²) < 4.78 is 32.8. The van der Waals surface area contributed by atoms with E-state index in [0.717, 1.165) is 15.1 Å². The fourth-order valence-electron chi connectivity index (χ4n) is 3.37. The number of aromatic nitrogens is 1. The van der Waals surface area contributed by atoms with Crippen LogP contribution < -0.4 is 9.64 Å². The number of amides is 1. The van der Waals surface area contributed by atoms with Crippen LogP contribution in [0, 0.1) is 0 Å². The number of hydrogen-bond donors (Lipinski definition) is 0. The molecule has 0 aliphatic carbocycles. The van der Waals surface area contributed by atoms with Gasteiger partial charge in [0, 0.05) is 13.2 Å². The minimum absolute atomic E-state index is 0.156. The summed E-state index contributed by atoms with van der Waals surface area (Å²) in [4.78, 5) is 18.8. The van der Waals surface area contributed by atoms with Gasteiger partial charge in [-0.1, -0.05) is 30.3 Å². The molecule has 0 bridgehead atoms. The van der Waals surface area contributed by atoms with Crippen LogP contribution in [-0.2, 0) is 14.8 Å². The summed E-state index contributed by atoms with van der Waals surface area (Å²) in [5, 5.41) is 1.78. The van der Waals surface area contributed by atoms with Gasteiger partial charge >= 0.3 is 0 Å². The lowest BCUT2D eigenvalue weighted by Gasteiger charge is -2.33. The Morgan fingerprint density at radius 2 is 1.93 bits per heavy atom. The number of nitrogens with zero attached hydrogens (tertiary/aromatic N) is 3. The normalized spacial score (nSPS) is 16.5. The molecule has 2 heterocycles. The molecule has 0 unspecified atom stereocenters. The number of ether oxygens (including phenoxy) is 1. The van der Waals surface area contributed by atoms with E-state index >= 15 is 0 Å². The number of anilines is 1. The van der Waals surface area contributed by atoms with Crippen LogP contribution in [0.2, 0.25) is 0 Å². The topological polar surface area (TPSA) is 79.8 Å². The molecule has 0 radical (unpaired) electrons. The van der Waals surface area contributed by atoms with Crippen LogP contribution in [0.25, 0.3) is 10.8 Å². The first-order valence-corrected chi connectivity index (χ1v) is 10.7. The van der Waals surface area contributed by atoms with Crippen molar-refractivity contribution in [2.45, 2.75) is 17.9 Å². The molecule has 0 spiro atoms. The van der Waals surface area contributed by atoms with E-state index in [0.29, 0.717) is 18.1 Å². The van der Waals surface area contributed by atoms with Gasteiger partial charge in [0.25, 0.3) is 0 Å². The molecule has 8 heteroatoms. The second kappa shape index (κ2) is 7.46. The lowest BCUT2D eigenvalue weighted by molar-refractivity contribution is -0.119. The van der Waals surface area contributed by atoms with E-state index < -0.39 is 10.0 Å². The second-order valence-electron chi connectivity index (χ2n) is 7.03. The van der Waals surface area contributed by atoms with E-state index in [1.54, 1.807) is 36.5 Å². The third-order valence-corrected chi connectivity index (χ3v) is 6.68. The van der Waals surface area contributed by atoms with Crippen LogP contribution in [0.5, 0.6) is 5.88 Å². The fraction of sp³-hybridized carbons (Fsp3) is 0.238. The number of hydrogen-bond acceptors (Lipinski definition) is 5. The number of carbonyl (C=O) groups excluding carboxylic acids is 1. The summed E-state index contributed by atoms with van der Waals surface area (Å²) in [6.07, 6.45) is 1.36. The highest BCUT2D eigenvalue weighted by Gasteiger charge is 2.31. The molecule has 0 saturated carbocycles. The van der Waals surface area contributed by atoms with Gasteiger partial charge < -0.3 is 9.64 Å². The summed E-state index contributed by atoms with van der Waals surface area (Å²) >= 11 is 0. The quantitative estimate of drug-likeness (QED) is 0.659. The summed E-state index contributed by atoms with van der Waals surface area (Å²) in [5.74, 6) is 0.0425. The molecule has 0 N–H and O–H groups in total. The third kappa shape index (κ3) is 3.68. The van der Waals surface area contributed by atoms with Crippen molar-refractivity contribution in [3.05, 3.63) is 60.8 Å². The van der Waals surface area contributed by atoms with Crippen molar-refractivity contribution in [3.63, 3.8) is 0 Å². The average molecular weight is 411 g/mol. The van der Waals surface area contributed by atoms with Gasteiger partial charge in [0.2, 0.25) is 21.8 Å². The van der Waals surface area contributed by atoms with Gasteiger partial charge in [-0.25, -0.2) is 13.4 Å². The van der Waals surface area contributed by atoms with Crippen LogP contribution in [0.4, 0.5) is 5.69 Å². The molecule has 0 saturated heterocycles. The van der Waals surface area contributed by atoms with Gasteiger partial charge in [-0.3, -0.25) is 4.79 Å². The summed E-state index contributed by atoms with van der Waals surface area (Å²) in [7, 11) is -2.40. The monoisotopic (exact) mass is 411 g/mol. The van der Waals surface area contributed by atoms with Gasteiger partial charge in [-0.15, -0.1) is 0 Å². The maximum atomic E-state index is 13.0. The van der Waals surface area contributed by atoms with E-state index in [9.17, 15) is 13.2 Å². The number of carbonyl (C=O) groups is 1. The zero-order chi connectivity index (χ0) is 20.6. The third-order valence-electron chi connectivity index (χ3n) is 4.88. The fourth-order valence-corrected chi connectivity index (χ4v) is 4.52. The van der Waals surface area contributed by atoms with Crippen LogP contribution in [0.1, 0.15) is 6.92 Å². The lowest BCUT2D eigenvalue weighted by Crippen LogP contribution is -2.47. The van der Waals surface area contributed by atoms with E-state index in [2.05, 4.69) is 4.98 Å². The minimum atomic E-state index is -3.82. The Balaban J connectivity index is 1.58. The molecule has 0 fully saturated rings. The highest BCUT2D eigenvalue weighted by molar-refractivity contribution is 7.89. The zero-order valence-electron chi connectivity index (χ0n) is 16.1. The van der Waals surface area contributed by atoms with Crippen LogP contribution in [0.3, 0.4) is 0 Å². The number of benzene rings is 2. The lowest BCUT2D eigenvalue weighted by atomic mass is 10.1. The average Bonchev–Trinajstić information content (AvgIpc) is 2.72. The Labute approximate surface area is 169 Å². The molecular formula is C21H21N3O4S. The Morgan fingerprint density at radius 3 is 2.72 bits per heavy atom. The van der Waals surface area contributed by atoms with Crippen molar-refractivity contribution in [2.75, 3.05) is 25.0 Å². The van der Waals surface area contributed by atoms with E-state index in [1.165, 1.54) is 11.9 Å². The van der Waals surface area contributed by atoms with Crippen molar-refractivity contribution >= 4 is 32.4 Å². The standard InChI is InChI=1S/C21H21N3O4S/c1-15-13-24(19-8-5-11-22-21(19)28-15)20(25)14-23(2)29(26,27)18-10-9-16-6-3-4-7-17(16)12-18/h3-12,15H,13-14H2,1-2H3/t15-/m1/s1. The maximum absolute atomic E-state index is 13.0. The Morgan fingerprint density at radius 1 is 1.17 bits per heavy atom. The van der Waals surface area contributed by atoms with E-state index in [4.69, 9.17) is 4.74 Å². The summed E-state index contributed by atoms with van der Waals surface area (Å²) in [6.45, 7) is 1.89. The molecule has 1 aliphatic rings. The molecule has 29 heavy (non-hydrogen) atoms. The van der Waals surface area contributed by atoms with Crippen LogP contribution in [-0.4, -0.2) is 49.9 Å². The van der Waals surface area contributed by atoms with Gasteiger partial charge in [-0.2, -0.15) is 4.31 Å². The van der Waals surface area contributed by atoms with Gasteiger partial charge in [0.05, 0.1) is 18.0 Å². The van der Waals surface area contributed by atoms with E-state index in [-0.39, 0.29) is 23.5 Å². The Kier molecular flexibility index (Phi) is 4.97. The van der Waals surface area contributed by atoms with Crippen molar-refractivity contribution < 1.29 is 17.9 Å². The summed E-state index contributed by atoms with van der Waals surface area (Å²) in [6, 6.07) is 16.0. The molecule has 7 nitrogen and oxygen atoms in total. The number of fused-ring (bicyclic) bond motifs is 2. The molecule has 150 valence electrons. The highest BCUT2D eigenvalue weighted by atomic mass is 32.2. The first kappa shape index (κ1) is 19.4. The van der Waals surface area contributed by atoms with Crippen molar-refractivity contribution in [1.82, 2.24) is 9.29 Å². The van der Waals surface area contributed by atoms with Crippen molar-refractivity contribution in [2.24, 2.45) is 0 Å². The van der Waals surface area contributed by atoms with Crippen LogP contribution >= 0.6 is 0 Å². The molecule has 2 aromatic carbocycles. The number of sulfonamides is 1. The first-order chi connectivity index (χ1) is 13.9. The molecule has 3 aromatic rings. The first-order valence-electron chi connectivity index (χ1n) is 9.23. The van der Waals surface area contributed by atoms with Crippen LogP contribution in [0.15, 0.2) is 65.7 Å². The second-order valence-corrected chi connectivity index (χ2v) is 9.08. The SMILES string of the molecule is C[C@@H]1CN(C(=O)CN(C)S(=O)(=O)c2ccc3ccccc3c2)c2cccnc2O1. The van der Waals surface area contributed by atoms with Gasteiger partial charge in [0.1, 0.15) is 11.8 Å². The largest absolute Gasteiger partial charge is 0.471 e. The van der Waals surface area contributed by atoms with Gasteiger partial charge in [0.15, 0.2) is 0 Å². The van der Waals surface area contributed by atoms with Gasteiger partial charge in [-0.05, 0) is 42.0 Å². The number of rotatable bonds is 4. The highest BCUT2D eigenvalue weighted by Crippen LogP contribution is 2.31. The molecule has 1 amide bonds. The molecule has 1 aromatic heterocycles. The molecule has 1 aliphatic heterocycles. The van der Waals surface area contributed by atoms with E-state index in [1.807, 2.05) is 31.2 Å².